The molecule has 0 fully saturated rings. The highest BCUT2D eigenvalue weighted by atomic mass is 16.5. The van der Waals surface area contributed by atoms with Crippen molar-refractivity contribution < 1.29 is 4.74 Å². The van der Waals surface area contributed by atoms with Crippen LogP contribution in [-0.2, 0) is 6.61 Å². The van der Waals surface area contributed by atoms with Gasteiger partial charge in [-0.2, -0.15) is 0 Å². The Morgan fingerprint density at radius 1 is 0.905 bits per heavy atom. The first-order chi connectivity index (χ1) is 10.3. The van der Waals surface area contributed by atoms with Crippen molar-refractivity contribution in [2.75, 3.05) is 5.73 Å². The van der Waals surface area contributed by atoms with Crippen LogP contribution in [0, 0.1) is 0 Å². The van der Waals surface area contributed by atoms with Gasteiger partial charge >= 0.3 is 0 Å². The summed E-state index contributed by atoms with van der Waals surface area (Å²) in [5.41, 5.74) is 8.91. The molecule has 1 heterocycles. The summed E-state index contributed by atoms with van der Waals surface area (Å²) >= 11 is 0. The van der Waals surface area contributed by atoms with Gasteiger partial charge in [-0.15, -0.1) is 0 Å². The number of nitrogens with two attached hydrogens (primary N) is 1. The molecule has 3 heteroatoms. The molecule has 0 aliphatic heterocycles. The Balaban J connectivity index is 1.83. The van der Waals surface area contributed by atoms with Gasteiger partial charge in [0.2, 0.25) is 0 Å². The van der Waals surface area contributed by atoms with E-state index in [2.05, 4.69) is 23.2 Å². The summed E-state index contributed by atoms with van der Waals surface area (Å²) in [5, 5.41) is 0. The lowest BCUT2D eigenvalue weighted by molar-refractivity contribution is 0.307. The van der Waals surface area contributed by atoms with Crippen molar-refractivity contribution in [2.24, 2.45) is 0 Å². The van der Waals surface area contributed by atoms with Crippen molar-refractivity contribution in [1.82, 2.24) is 4.98 Å². The van der Waals surface area contributed by atoms with E-state index in [4.69, 9.17) is 10.5 Å². The van der Waals surface area contributed by atoms with Crippen molar-refractivity contribution in [3.05, 3.63) is 78.5 Å². The first-order valence-electron chi connectivity index (χ1n) is 6.80. The fourth-order valence-electron chi connectivity index (χ4n) is 2.19. The summed E-state index contributed by atoms with van der Waals surface area (Å²) in [7, 11) is 0. The van der Waals surface area contributed by atoms with Crippen LogP contribution in [0.2, 0.25) is 0 Å². The van der Waals surface area contributed by atoms with Crippen molar-refractivity contribution in [1.29, 1.82) is 0 Å². The van der Waals surface area contributed by atoms with Crippen molar-refractivity contribution in [3.63, 3.8) is 0 Å². The lowest BCUT2D eigenvalue weighted by atomic mass is 10.1. The van der Waals surface area contributed by atoms with Gasteiger partial charge in [-0.25, -0.2) is 4.98 Å². The van der Waals surface area contributed by atoms with Gasteiger partial charge in [0.15, 0.2) is 0 Å². The number of hydrogen-bond acceptors (Lipinski definition) is 3. The maximum absolute atomic E-state index is 5.95. The zero-order valence-corrected chi connectivity index (χ0v) is 11.6. The van der Waals surface area contributed by atoms with Gasteiger partial charge < -0.3 is 10.5 Å². The zero-order valence-electron chi connectivity index (χ0n) is 11.6. The van der Waals surface area contributed by atoms with E-state index in [1.807, 2.05) is 48.5 Å². The molecular formula is C18H16N2O. The van der Waals surface area contributed by atoms with Crippen molar-refractivity contribution >= 4 is 5.82 Å². The maximum Gasteiger partial charge on any atom is 0.127 e. The molecule has 0 bridgehead atoms. The number of pyridine rings is 1. The quantitative estimate of drug-likeness (QED) is 0.786. The summed E-state index contributed by atoms with van der Waals surface area (Å²) in [5.74, 6) is 1.37. The SMILES string of the molecule is Nc1cc(COc2ccccc2-c2ccccc2)ccn1. The highest BCUT2D eigenvalue weighted by Gasteiger charge is 2.05. The van der Waals surface area contributed by atoms with E-state index >= 15 is 0 Å². The van der Waals surface area contributed by atoms with Gasteiger partial charge in [0.25, 0.3) is 0 Å². The van der Waals surface area contributed by atoms with E-state index in [9.17, 15) is 0 Å². The standard InChI is InChI=1S/C18H16N2O/c19-18-12-14(10-11-20-18)13-21-17-9-5-4-8-16(17)15-6-2-1-3-7-15/h1-12H,13H2,(H2,19,20). The summed E-state index contributed by atoms with van der Waals surface area (Å²) in [6.07, 6.45) is 1.69. The molecule has 21 heavy (non-hydrogen) atoms. The van der Waals surface area contributed by atoms with Gasteiger partial charge in [0.05, 0.1) is 0 Å². The van der Waals surface area contributed by atoms with Gasteiger partial charge in [-0.3, -0.25) is 0 Å². The number of rotatable bonds is 4. The Hall–Kier alpha value is -2.81. The van der Waals surface area contributed by atoms with Gasteiger partial charge in [0.1, 0.15) is 18.2 Å². The minimum atomic E-state index is 0.469. The van der Waals surface area contributed by atoms with Crippen LogP contribution in [-0.4, -0.2) is 4.98 Å². The normalized spacial score (nSPS) is 10.3. The first-order valence-corrected chi connectivity index (χ1v) is 6.80. The van der Waals surface area contributed by atoms with E-state index in [0.717, 1.165) is 22.4 Å². The fourth-order valence-corrected chi connectivity index (χ4v) is 2.19. The van der Waals surface area contributed by atoms with Crippen LogP contribution in [0.25, 0.3) is 11.1 Å². The van der Waals surface area contributed by atoms with Crippen molar-refractivity contribution in [3.8, 4) is 16.9 Å². The number of para-hydroxylation sites is 1. The largest absolute Gasteiger partial charge is 0.488 e. The molecule has 0 atom stereocenters. The molecule has 1 aromatic heterocycles. The average molecular weight is 276 g/mol. The second kappa shape index (κ2) is 6.09. The van der Waals surface area contributed by atoms with Crippen LogP contribution in [0.5, 0.6) is 5.75 Å². The van der Waals surface area contributed by atoms with Crippen LogP contribution in [0.4, 0.5) is 5.82 Å². The predicted octanol–water partition coefficient (Wildman–Crippen LogP) is 3.91. The molecule has 3 aromatic rings. The Morgan fingerprint density at radius 3 is 2.48 bits per heavy atom. The van der Waals surface area contributed by atoms with Gasteiger partial charge in [0, 0.05) is 11.8 Å². The molecule has 3 nitrogen and oxygen atoms in total. The van der Waals surface area contributed by atoms with Gasteiger partial charge in [-0.1, -0.05) is 48.5 Å². The minimum absolute atomic E-state index is 0.469. The van der Waals surface area contributed by atoms with E-state index in [1.54, 1.807) is 6.20 Å². The molecule has 3 rings (SSSR count). The lowest BCUT2D eigenvalue weighted by Gasteiger charge is -2.11. The number of ether oxygens (including phenoxy) is 1. The highest BCUT2D eigenvalue weighted by Crippen LogP contribution is 2.30. The van der Waals surface area contributed by atoms with Crippen LogP contribution in [0.3, 0.4) is 0 Å². The van der Waals surface area contributed by atoms with E-state index in [-0.39, 0.29) is 0 Å². The number of nitrogens with zero attached hydrogens (tertiary/aromatic N) is 1. The lowest BCUT2D eigenvalue weighted by Crippen LogP contribution is -1.99. The summed E-state index contributed by atoms with van der Waals surface area (Å²) < 4.78 is 5.95. The molecule has 2 aromatic carbocycles. The minimum Gasteiger partial charge on any atom is -0.488 e. The topological polar surface area (TPSA) is 48.1 Å². The number of anilines is 1. The van der Waals surface area contributed by atoms with E-state index < -0.39 is 0 Å². The molecule has 0 aliphatic carbocycles. The Labute approximate surface area is 124 Å². The molecule has 0 aliphatic rings. The molecule has 2 N–H and O–H groups in total. The molecule has 0 amide bonds. The first kappa shape index (κ1) is 13.2. The average Bonchev–Trinajstić information content (AvgIpc) is 2.54. The summed E-state index contributed by atoms with van der Waals surface area (Å²) in [4.78, 5) is 3.98. The molecule has 0 radical (unpaired) electrons. The number of nitrogen functional groups attached to an aromatic ring is 1. The molecule has 0 saturated carbocycles. The maximum atomic E-state index is 5.95. The second-order valence-electron chi connectivity index (χ2n) is 4.74. The van der Waals surface area contributed by atoms with Crippen LogP contribution >= 0.6 is 0 Å². The summed E-state index contributed by atoms with van der Waals surface area (Å²) in [6.45, 7) is 0.469. The Morgan fingerprint density at radius 2 is 1.67 bits per heavy atom. The predicted molar refractivity (Wildman–Crippen MR) is 84.9 cm³/mol. The zero-order chi connectivity index (χ0) is 14.5. The third kappa shape index (κ3) is 3.20. The fraction of sp³-hybridized carbons (Fsp3) is 0.0556. The van der Waals surface area contributed by atoms with E-state index in [1.165, 1.54) is 0 Å². The highest BCUT2D eigenvalue weighted by molar-refractivity contribution is 5.70. The van der Waals surface area contributed by atoms with Crippen LogP contribution < -0.4 is 10.5 Å². The summed E-state index contributed by atoms with van der Waals surface area (Å²) in [6, 6.07) is 22.0. The molecule has 0 saturated heterocycles. The smallest absolute Gasteiger partial charge is 0.127 e. The van der Waals surface area contributed by atoms with Crippen LogP contribution in [0.1, 0.15) is 5.56 Å². The molecule has 0 spiro atoms. The molecular weight excluding hydrogens is 260 g/mol. The van der Waals surface area contributed by atoms with Gasteiger partial charge in [-0.05, 0) is 29.3 Å². The molecule has 0 unspecified atom stereocenters. The number of hydrogen-bond donors (Lipinski definition) is 1. The number of aromatic nitrogens is 1. The second-order valence-corrected chi connectivity index (χ2v) is 4.74. The Kier molecular flexibility index (Phi) is 3.83. The van der Waals surface area contributed by atoms with E-state index in [0.29, 0.717) is 12.4 Å². The molecule has 104 valence electrons. The third-order valence-electron chi connectivity index (χ3n) is 3.21. The Bertz CT molecular complexity index is 726. The number of benzene rings is 2. The van der Waals surface area contributed by atoms with Crippen molar-refractivity contribution in [2.45, 2.75) is 6.61 Å². The third-order valence-corrected chi connectivity index (χ3v) is 3.21. The van der Waals surface area contributed by atoms with Crippen LogP contribution in [0.15, 0.2) is 72.9 Å². The monoisotopic (exact) mass is 276 g/mol.